The van der Waals surface area contributed by atoms with Gasteiger partial charge in [-0.1, -0.05) is 40.0 Å². The van der Waals surface area contributed by atoms with Gasteiger partial charge in [-0.05, 0) is 44.2 Å². The van der Waals surface area contributed by atoms with Gasteiger partial charge in [-0.3, -0.25) is 0 Å². The SMILES string of the molecule is CCC1CCCC(N2CCC(CNC(C)C)C2)C1. The van der Waals surface area contributed by atoms with E-state index in [9.17, 15) is 0 Å². The number of likely N-dealkylation sites (tertiary alicyclic amines) is 1. The van der Waals surface area contributed by atoms with Crippen LogP contribution in [0, 0.1) is 11.8 Å². The number of nitrogens with zero attached hydrogens (tertiary/aromatic N) is 1. The fraction of sp³-hybridized carbons (Fsp3) is 1.00. The van der Waals surface area contributed by atoms with Crippen molar-refractivity contribution in [3.8, 4) is 0 Å². The normalized spacial score (nSPS) is 34.3. The molecule has 106 valence electrons. The Morgan fingerprint density at radius 3 is 2.72 bits per heavy atom. The molecule has 0 aromatic carbocycles. The van der Waals surface area contributed by atoms with Crippen molar-refractivity contribution < 1.29 is 0 Å². The molecule has 1 saturated carbocycles. The van der Waals surface area contributed by atoms with Crippen molar-refractivity contribution in [3.63, 3.8) is 0 Å². The van der Waals surface area contributed by atoms with Crippen LogP contribution in [-0.2, 0) is 0 Å². The number of hydrogen-bond acceptors (Lipinski definition) is 2. The molecular formula is C16H32N2. The second-order valence-corrected chi connectivity index (χ2v) is 6.81. The summed E-state index contributed by atoms with van der Waals surface area (Å²) in [6.07, 6.45) is 8.69. The molecule has 1 aliphatic carbocycles. The molecule has 0 aromatic rings. The van der Waals surface area contributed by atoms with Crippen molar-refractivity contribution in [3.05, 3.63) is 0 Å². The average Bonchev–Trinajstić information content (AvgIpc) is 2.85. The maximum absolute atomic E-state index is 3.60. The Balaban J connectivity index is 1.74. The van der Waals surface area contributed by atoms with Crippen molar-refractivity contribution in [2.45, 2.75) is 71.4 Å². The lowest BCUT2D eigenvalue weighted by Gasteiger charge is -2.35. The summed E-state index contributed by atoms with van der Waals surface area (Å²) < 4.78 is 0. The van der Waals surface area contributed by atoms with Gasteiger partial charge in [0.2, 0.25) is 0 Å². The van der Waals surface area contributed by atoms with Gasteiger partial charge in [-0.2, -0.15) is 0 Å². The third-order valence-electron chi connectivity index (χ3n) is 4.98. The molecule has 0 bridgehead atoms. The Hall–Kier alpha value is -0.0800. The molecule has 2 heteroatoms. The van der Waals surface area contributed by atoms with Crippen molar-refractivity contribution in [2.75, 3.05) is 19.6 Å². The topological polar surface area (TPSA) is 15.3 Å². The highest BCUT2D eigenvalue weighted by Crippen LogP contribution is 2.32. The maximum Gasteiger partial charge on any atom is 0.00980 e. The highest BCUT2D eigenvalue weighted by Gasteiger charge is 2.31. The predicted molar refractivity (Wildman–Crippen MR) is 78.9 cm³/mol. The van der Waals surface area contributed by atoms with Gasteiger partial charge in [-0.25, -0.2) is 0 Å². The molecule has 1 aliphatic heterocycles. The summed E-state index contributed by atoms with van der Waals surface area (Å²) in [5.74, 6) is 1.91. The van der Waals surface area contributed by atoms with Gasteiger partial charge in [0.25, 0.3) is 0 Å². The quantitative estimate of drug-likeness (QED) is 0.808. The molecule has 18 heavy (non-hydrogen) atoms. The lowest BCUT2D eigenvalue weighted by Crippen LogP contribution is -2.38. The Bertz CT molecular complexity index is 239. The van der Waals surface area contributed by atoms with Gasteiger partial charge in [-0.15, -0.1) is 0 Å². The van der Waals surface area contributed by atoms with Gasteiger partial charge >= 0.3 is 0 Å². The summed E-state index contributed by atoms with van der Waals surface area (Å²) in [6.45, 7) is 10.8. The minimum atomic E-state index is 0.637. The van der Waals surface area contributed by atoms with E-state index >= 15 is 0 Å². The molecule has 0 aromatic heterocycles. The number of nitrogens with one attached hydrogen (secondary N) is 1. The zero-order valence-electron chi connectivity index (χ0n) is 12.6. The summed E-state index contributed by atoms with van der Waals surface area (Å²) in [4.78, 5) is 2.80. The maximum atomic E-state index is 3.60. The van der Waals surface area contributed by atoms with E-state index < -0.39 is 0 Å². The van der Waals surface area contributed by atoms with Crippen LogP contribution >= 0.6 is 0 Å². The molecule has 2 aliphatic rings. The van der Waals surface area contributed by atoms with Crippen LogP contribution in [0.1, 0.15) is 59.3 Å². The van der Waals surface area contributed by atoms with Crippen molar-refractivity contribution in [1.29, 1.82) is 0 Å². The average molecular weight is 252 g/mol. The van der Waals surface area contributed by atoms with E-state index in [-0.39, 0.29) is 0 Å². The first kappa shape index (κ1) is 14.3. The van der Waals surface area contributed by atoms with Crippen molar-refractivity contribution >= 4 is 0 Å². The van der Waals surface area contributed by atoms with Crippen LogP contribution < -0.4 is 5.32 Å². The van der Waals surface area contributed by atoms with E-state index in [4.69, 9.17) is 0 Å². The highest BCUT2D eigenvalue weighted by molar-refractivity contribution is 4.86. The molecule has 2 fully saturated rings. The van der Waals surface area contributed by atoms with E-state index in [1.165, 1.54) is 58.2 Å². The first-order valence-electron chi connectivity index (χ1n) is 8.16. The second-order valence-electron chi connectivity index (χ2n) is 6.81. The second kappa shape index (κ2) is 6.91. The molecule has 1 saturated heterocycles. The zero-order chi connectivity index (χ0) is 13.0. The Kier molecular flexibility index (Phi) is 5.50. The number of hydrogen-bond donors (Lipinski definition) is 1. The first-order chi connectivity index (χ1) is 8.69. The van der Waals surface area contributed by atoms with Gasteiger partial charge < -0.3 is 10.2 Å². The highest BCUT2D eigenvalue weighted by atomic mass is 15.2. The fourth-order valence-corrected chi connectivity index (χ4v) is 3.73. The molecule has 2 nitrogen and oxygen atoms in total. The number of rotatable bonds is 5. The van der Waals surface area contributed by atoms with Crippen LogP contribution in [0.15, 0.2) is 0 Å². The minimum absolute atomic E-state index is 0.637. The molecule has 2 rings (SSSR count). The summed E-state index contributed by atoms with van der Waals surface area (Å²) in [5, 5.41) is 3.60. The lowest BCUT2D eigenvalue weighted by atomic mass is 9.83. The monoisotopic (exact) mass is 252 g/mol. The Morgan fingerprint density at radius 2 is 2.00 bits per heavy atom. The molecule has 1 N–H and O–H groups in total. The smallest absolute Gasteiger partial charge is 0.00980 e. The van der Waals surface area contributed by atoms with Gasteiger partial charge in [0.15, 0.2) is 0 Å². The molecule has 3 unspecified atom stereocenters. The minimum Gasteiger partial charge on any atom is -0.314 e. The van der Waals surface area contributed by atoms with Crippen LogP contribution in [0.5, 0.6) is 0 Å². The van der Waals surface area contributed by atoms with Crippen LogP contribution in [0.2, 0.25) is 0 Å². The largest absolute Gasteiger partial charge is 0.314 e. The van der Waals surface area contributed by atoms with Crippen LogP contribution in [0.3, 0.4) is 0 Å². The molecule has 0 amide bonds. The van der Waals surface area contributed by atoms with E-state index in [0.717, 1.165) is 17.9 Å². The summed E-state index contributed by atoms with van der Waals surface area (Å²) in [7, 11) is 0. The van der Waals surface area contributed by atoms with Crippen LogP contribution in [0.25, 0.3) is 0 Å². The van der Waals surface area contributed by atoms with Gasteiger partial charge in [0.05, 0.1) is 0 Å². The van der Waals surface area contributed by atoms with Crippen molar-refractivity contribution in [2.24, 2.45) is 11.8 Å². The third kappa shape index (κ3) is 3.96. The molecular weight excluding hydrogens is 220 g/mol. The zero-order valence-corrected chi connectivity index (χ0v) is 12.6. The summed E-state index contributed by atoms with van der Waals surface area (Å²) >= 11 is 0. The van der Waals surface area contributed by atoms with Crippen molar-refractivity contribution in [1.82, 2.24) is 10.2 Å². The lowest BCUT2D eigenvalue weighted by molar-refractivity contribution is 0.150. The van der Waals surface area contributed by atoms with E-state index in [2.05, 4.69) is 31.0 Å². The van der Waals surface area contributed by atoms with Gasteiger partial charge in [0, 0.05) is 18.6 Å². The molecule has 1 heterocycles. The molecule has 3 atom stereocenters. The summed E-state index contributed by atoms with van der Waals surface area (Å²) in [5.41, 5.74) is 0. The predicted octanol–water partition coefficient (Wildman–Crippen LogP) is 3.28. The molecule has 0 radical (unpaired) electrons. The Labute approximate surface area is 114 Å². The standard InChI is InChI=1S/C16H32N2/c1-4-14-6-5-7-16(10-14)18-9-8-15(12-18)11-17-13(2)3/h13-17H,4-12H2,1-3H3. The van der Waals surface area contributed by atoms with E-state index in [1.807, 2.05) is 0 Å². The van der Waals surface area contributed by atoms with E-state index in [1.54, 1.807) is 0 Å². The molecule has 0 spiro atoms. The van der Waals surface area contributed by atoms with Gasteiger partial charge in [0.1, 0.15) is 0 Å². The fourth-order valence-electron chi connectivity index (χ4n) is 3.73. The van der Waals surface area contributed by atoms with Crippen LogP contribution in [-0.4, -0.2) is 36.6 Å². The first-order valence-corrected chi connectivity index (χ1v) is 8.16. The van der Waals surface area contributed by atoms with E-state index in [0.29, 0.717) is 6.04 Å². The summed E-state index contributed by atoms with van der Waals surface area (Å²) in [6, 6.07) is 1.55. The Morgan fingerprint density at radius 1 is 1.17 bits per heavy atom. The third-order valence-corrected chi connectivity index (χ3v) is 4.98. The van der Waals surface area contributed by atoms with Crippen LogP contribution in [0.4, 0.5) is 0 Å².